The summed E-state index contributed by atoms with van der Waals surface area (Å²) in [6.45, 7) is 1.64. The molecule has 22 heavy (non-hydrogen) atoms. The Hall–Kier alpha value is -0.940. The number of sulfonamides is 2. The van der Waals surface area contributed by atoms with E-state index in [2.05, 4.69) is 25.4 Å². The first-order valence-corrected chi connectivity index (χ1v) is 10.6. The second-order valence-corrected chi connectivity index (χ2v) is 10.6. The zero-order chi connectivity index (χ0) is 16.5. The first-order chi connectivity index (χ1) is 10.2. The van der Waals surface area contributed by atoms with Gasteiger partial charge in [-0.2, -0.15) is 0 Å². The molecule has 0 atom stereocenters. The van der Waals surface area contributed by atoms with Crippen LogP contribution in [0, 0.1) is 6.92 Å². The summed E-state index contributed by atoms with van der Waals surface area (Å²) in [5.74, 6) is 0. The minimum atomic E-state index is -3.75. The number of nitrogens with one attached hydrogen (secondary N) is 2. The predicted octanol–water partition coefficient (Wildman–Crippen LogP) is 2.53. The van der Waals surface area contributed by atoms with Gasteiger partial charge in [-0.15, -0.1) is 11.3 Å². The van der Waals surface area contributed by atoms with Crippen LogP contribution in [0.4, 0.5) is 5.69 Å². The Morgan fingerprint density at radius 2 is 1.73 bits per heavy atom. The molecule has 10 heteroatoms. The number of hydrogen-bond donors (Lipinski definition) is 2. The van der Waals surface area contributed by atoms with Crippen molar-refractivity contribution in [2.24, 2.45) is 0 Å². The Labute approximate surface area is 141 Å². The topological polar surface area (TPSA) is 92.3 Å². The zero-order valence-corrected chi connectivity index (χ0v) is 15.7. The average molecular weight is 425 g/mol. The molecule has 0 radical (unpaired) electrons. The largest absolute Gasteiger partial charge is 0.279 e. The van der Waals surface area contributed by atoms with Crippen molar-refractivity contribution in [3.8, 4) is 0 Å². The monoisotopic (exact) mass is 424 g/mol. The summed E-state index contributed by atoms with van der Waals surface area (Å²) >= 11 is 4.27. The van der Waals surface area contributed by atoms with Gasteiger partial charge in [-0.25, -0.2) is 21.6 Å². The van der Waals surface area contributed by atoms with Gasteiger partial charge in [-0.05, 0) is 59.7 Å². The van der Waals surface area contributed by atoms with Crippen LogP contribution >= 0.6 is 27.3 Å². The lowest BCUT2D eigenvalue weighted by molar-refractivity contribution is 0.587. The van der Waals surface area contributed by atoms with Crippen LogP contribution in [0.25, 0.3) is 0 Å². The Bertz CT molecular complexity index is 904. The maximum Gasteiger partial charge on any atom is 0.271 e. The van der Waals surface area contributed by atoms with Gasteiger partial charge in [0.05, 0.1) is 14.4 Å². The number of rotatable bonds is 5. The fourth-order valence-electron chi connectivity index (χ4n) is 1.71. The normalized spacial score (nSPS) is 12.3. The molecule has 0 saturated heterocycles. The van der Waals surface area contributed by atoms with Gasteiger partial charge in [0.25, 0.3) is 10.0 Å². The lowest BCUT2D eigenvalue weighted by Gasteiger charge is -2.11. The van der Waals surface area contributed by atoms with Crippen molar-refractivity contribution in [2.45, 2.75) is 16.0 Å². The molecule has 2 N–H and O–H groups in total. The molecule has 0 fully saturated rings. The molecule has 0 unspecified atom stereocenters. The third-order valence-electron chi connectivity index (χ3n) is 2.81. The van der Waals surface area contributed by atoms with E-state index in [9.17, 15) is 16.8 Å². The molecule has 2 rings (SSSR count). The van der Waals surface area contributed by atoms with E-state index >= 15 is 0 Å². The van der Waals surface area contributed by atoms with Crippen molar-refractivity contribution >= 4 is 53.0 Å². The molecule has 2 aromatic rings. The van der Waals surface area contributed by atoms with Gasteiger partial charge in [0.15, 0.2) is 0 Å². The van der Waals surface area contributed by atoms with Crippen molar-refractivity contribution < 1.29 is 16.8 Å². The highest BCUT2D eigenvalue weighted by molar-refractivity contribution is 9.11. The molecule has 1 heterocycles. The van der Waals surface area contributed by atoms with E-state index in [1.165, 1.54) is 25.2 Å². The second-order valence-electron chi connectivity index (χ2n) is 4.35. The summed E-state index contributed by atoms with van der Waals surface area (Å²) in [7, 11) is -6.11. The van der Waals surface area contributed by atoms with Crippen LogP contribution in [0.15, 0.2) is 43.2 Å². The highest BCUT2D eigenvalue weighted by atomic mass is 79.9. The van der Waals surface area contributed by atoms with Gasteiger partial charge >= 0.3 is 0 Å². The number of aryl methyl sites for hydroxylation is 1. The van der Waals surface area contributed by atoms with Crippen LogP contribution in [0.1, 0.15) is 5.56 Å². The van der Waals surface area contributed by atoms with Gasteiger partial charge < -0.3 is 0 Å². The predicted molar refractivity (Wildman–Crippen MR) is 90.3 cm³/mol. The molecule has 1 aromatic heterocycles. The highest BCUT2D eigenvalue weighted by Crippen LogP contribution is 2.28. The van der Waals surface area contributed by atoms with E-state index in [-0.39, 0.29) is 14.8 Å². The molecule has 1 aromatic carbocycles. The standard InChI is InChI=1S/C12H13BrN2O4S3/c1-8-3-4-9(7-10(8)21(16,17)14-2)15-22(18,19)12-6-5-11(13)20-12/h3-7,14-15H,1-2H3. The quantitative estimate of drug-likeness (QED) is 0.770. The number of anilines is 1. The Balaban J connectivity index is 2.41. The van der Waals surface area contributed by atoms with Gasteiger partial charge in [0, 0.05) is 0 Å². The molecule has 0 aliphatic rings. The van der Waals surface area contributed by atoms with Crippen molar-refractivity contribution in [3.63, 3.8) is 0 Å². The summed E-state index contributed by atoms with van der Waals surface area (Å²) in [6, 6.07) is 7.46. The van der Waals surface area contributed by atoms with Gasteiger partial charge in [0.1, 0.15) is 4.21 Å². The van der Waals surface area contributed by atoms with E-state index in [1.807, 2.05) is 0 Å². The maximum atomic E-state index is 12.2. The smallest absolute Gasteiger partial charge is 0.271 e. The van der Waals surface area contributed by atoms with E-state index in [4.69, 9.17) is 0 Å². The van der Waals surface area contributed by atoms with Crippen LogP contribution < -0.4 is 9.44 Å². The summed E-state index contributed by atoms with van der Waals surface area (Å²) < 4.78 is 53.8. The molecule has 0 bridgehead atoms. The molecule has 0 aliphatic heterocycles. The SMILES string of the molecule is CNS(=O)(=O)c1cc(NS(=O)(=O)c2ccc(Br)s2)ccc1C. The van der Waals surface area contributed by atoms with Crippen molar-refractivity contribution in [1.82, 2.24) is 4.72 Å². The van der Waals surface area contributed by atoms with Crippen molar-refractivity contribution in [2.75, 3.05) is 11.8 Å². The number of halogens is 1. The van der Waals surface area contributed by atoms with Crippen LogP contribution in [0.3, 0.4) is 0 Å². The Morgan fingerprint density at radius 1 is 1.05 bits per heavy atom. The molecule has 0 amide bonds. The minimum absolute atomic E-state index is 0.0301. The van der Waals surface area contributed by atoms with E-state index in [1.54, 1.807) is 19.1 Å². The molecule has 6 nitrogen and oxygen atoms in total. The average Bonchev–Trinajstić information content (AvgIpc) is 2.88. The third-order valence-corrected chi connectivity index (χ3v) is 7.87. The van der Waals surface area contributed by atoms with Crippen LogP contribution in [-0.4, -0.2) is 23.9 Å². The van der Waals surface area contributed by atoms with E-state index in [0.29, 0.717) is 9.35 Å². The summed E-state index contributed by atoms with van der Waals surface area (Å²) in [4.78, 5) is 0.0301. The van der Waals surface area contributed by atoms with Crippen LogP contribution in [0.5, 0.6) is 0 Å². The van der Waals surface area contributed by atoms with Crippen LogP contribution in [-0.2, 0) is 20.0 Å². The van der Waals surface area contributed by atoms with Gasteiger partial charge in [0.2, 0.25) is 10.0 Å². The van der Waals surface area contributed by atoms with Crippen molar-refractivity contribution in [1.29, 1.82) is 0 Å². The van der Waals surface area contributed by atoms with E-state index < -0.39 is 20.0 Å². The molecule has 0 spiro atoms. The first-order valence-electron chi connectivity index (χ1n) is 5.98. The van der Waals surface area contributed by atoms with E-state index in [0.717, 1.165) is 11.3 Å². The molecule has 0 saturated carbocycles. The van der Waals surface area contributed by atoms with Crippen LogP contribution in [0.2, 0.25) is 0 Å². The molecule has 0 aliphatic carbocycles. The fraction of sp³-hybridized carbons (Fsp3) is 0.167. The molecular weight excluding hydrogens is 412 g/mol. The summed E-state index contributed by atoms with van der Waals surface area (Å²) in [5, 5.41) is 0. The minimum Gasteiger partial charge on any atom is -0.279 e. The highest BCUT2D eigenvalue weighted by Gasteiger charge is 2.19. The summed E-state index contributed by atoms with van der Waals surface area (Å²) in [6.07, 6.45) is 0. The number of thiophene rings is 1. The van der Waals surface area contributed by atoms with Gasteiger partial charge in [-0.3, -0.25) is 4.72 Å². The molecular formula is C12H13BrN2O4S3. The number of benzene rings is 1. The Kier molecular flexibility index (Phi) is 4.97. The number of hydrogen-bond acceptors (Lipinski definition) is 5. The fourth-order valence-corrected chi connectivity index (χ4v) is 5.76. The first kappa shape index (κ1) is 17.4. The second kappa shape index (κ2) is 6.28. The molecule has 120 valence electrons. The maximum absolute atomic E-state index is 12.2. The third kappa shape index (κ3) is 3.69. The lowest BCUT2D eigenvalue weighted by atomic mass is 10.2. The Morgan fingerprint density at radius 3 is 2.27 bits per heavy atom. The lowest BCUT2D eigenvalue weighted by Crippen LogP contribution is -2.20. The van der Waals surface area contributed by atoms with Crippen molar-refractivity contribution in [3.05, 3.63) is 39.7 Å². The zero-order valence-electron chi connectivity index (χ0n) is 11.6. The summed E-state index contributed by atoms with van der Waals surface area (Å²) in [5.41, 5.74) is 0.708. The van der Waals surface area contributed by atoms with Gasteiger partial charge in [-0.1, -0.05) is 6.07 Å².